The predicted molar refractivity (Wildman–Crippen MR) is 109 cm³/mol. The van der Waals surface area contributed by atoms with Crippen LogP contribution in [0.1, 0.15) is 30.0 Å². The zero-order valence-electron chi connectivity index (χ0n) is 16.9. The van der Waals surface area contributed by atoms with Gasteiger partial charge in [-0.3, -0.25) is 0 Å². The van der Waals surface area contributed by atoms with Gasteiger partial charge in [0.1, 0.15) is 0 Å². The molecule has 0 saturated carbocycles. The maximum atomic E-state index is 12.9. The molecule has 158 valence electrons. The van der Waals surface area contributed by atoms with E-state index in [1.165, 1.54) is 12.1 Å². The summed E-state index contributed by atoms with van der Waals surface area (Å²) in [6.07, 6.45) is -2.77. The van der Waals surface area contributed by atoms with Crippen LogP contribution in [0.3, 0.4) is 0 Å². The zero-order chi connectivity index (χ0) is 21.5. The highest BCUT2D eigenvalue weighted by Gasteiger charge is 2.31. The molecule has 0 spiro atoms. The number of hydrogen-bond donors (Lipinski definition) is 0. The van der Waals surface area contributed by atoms with Gasteiger partial charge >= 0.3 is 12.2 Å². The fourth-order valence-electron chi connectivity index (χ4n) is 4.01. The smallest absolute Gasteiger partial charge is 0.331 e. The normalized spacial score (nSPS) is 15.6. The molecule has 0 unspecified atom stereocenters. The molecule has 4 rings (SSSR count). The van der Waals surface area contributed by atoms with Gasteiger partial charge in [-0.05, 0) is 43.2 Å². The molecular formula is C22H23F3N4O. The van der Waals surface area contributed by atoms with E-state index in [0.717, 1.165) is 41.6 Å². The Balaban J connectivity index is 1.65. The summed E-state index contributed by atoms with van der Waals surface area (Å²) in [6.45, 7) is 1.31. The number of fused-ring (bicyclic) bond motifs is 1. The highest BCUT2D eigenvalue weighted by molar-refractivity contribution is 5.84. The van der Waals surface area contributed by atoms with E-state index in [1.54, 1.807) is 23.7 Å². The molecule has 0 radical (unpaired) electrons. The average molecular weight is 416 g/mol. The summed E-state index contributed by atoms with van der Waals surface area (Å²) < 4.78 is 40.4. The molecule has 2 aromatic carbocycles. The average Bonchev–Trinajstić information content (AvgIpc) is 3.12. The number of piperidine rings is 1. The van der Waals surface area contributed by atoms with Gasteiger partial charge in [-0.2, -0.15) is 18.3 Å². The largest absolute Gasteiger partial charge is 0.416 e. The number of amides is 2. The number of nitrogens with zero attached hydrogens (tertiary/aromatic N) is 4. The number of para-hydroxylation sites is 1. The van der Waals surface area contributed by atoms with Gasteiger partial charge in [-0.15, -0.1) is 0 Å². The molecular weight excluding hydrogens is 393 g/mol. The topological polar surface area (TPSA) is 41.4 Å². The monoisotopic (exact) mass is 416 g/mol. The third kappa shape index (κ3) is 3.74. The summed E-state index contributed by atoms with van der Waals surface area (Å²) >= 11 is 0. The number of carbonyl (C=O) groups excluding carboxylic acids is 1. The fraction of sp³-hybridized carbons (Fsp3) is 0.364. The van der Waals surface area contributed by atoms with Crippen molar-refractivity contribution in [2.45, 2.75) is 24.9 Å². The van der Waals surface area contributed by atoms with Gasteiger partial charge in [0.15, 0.2) is 0 Å². The van der Waals surface area contributed by atoms with E-state index >= 15 is 0 Å². The molecule has 5 nitrogen and oxygen atoms in total. The SMILES string of the molecule is CN(C)C(=O)N1CCC(c2nn(-c3ccc(C(F)(F)F)cc3)c3ccccc23)CC1. The molecule has 3 aromatic rings. The Morgan fingerprint density at radius 1 is 1.03 bits per heavy atom. The summed E-state index contributed by atoms with van der Waals surface area (Å²) in [5.41, 5.74) is 1.70. The molecule has 1 aromatic heterocycles. The maximum absolute atomic E-state index is 12.9. The molecule has 0 atom stereocenters. The first-order valence-electron chi connectivity index (χ1n) is 9.87. The third-order valence-electron chi connectivity index (χ3n) is 5.59. The second kappa shape index (κ2) is 7.66. The molecule has 1 aliphatic rings. The van der Waals surface area contributed by atoms with E-state index in [2.05, 4.69) is 0 Å². The Kier molecular flexibility index (Phi) is 5.17. The third-order valence-corrected chi connectivity index (χ3v) is 5.59. The Bertz CT molecular complexity index is 1050. The van der Waals surface area contributed by atoms with Crippen molar-refractivity contribution in [3.63, 3.8) is 0 Å². The van der Waals surface area contributed by atoms with Crippen molar-refractivity contribution < 1.29 is 18.0 Å². The highest BCUT2D eigenvalue weighted by atomic mass is 19.4. The number of halogens is 3. The lowest BCUT2D eigenvalue weighted by molar-refractivity contribution is -0.137. The molecule has 1 saturated heterocycles. The molecule has 1 aliphatic heterocycles. The molecule has 30 heavy (non-hydrogen) atoms. The predicted octanol–water partition coefficient (Wildman–Crippen LogP) is 4.91. The van der Waals surface area contributed by atoms with E-state index in [-0.39, 0.29) is 11.9 Å². The Morgan fingerprint density at radius 3 is 2.27 bits per heavy atom. The van der Waals surface area contributed by atoms with E-state index in [9.17, 15) is 18.0 Å². The number of aromatic nitrogens is 2. The second-order valence-electron chi connectivity index (χ2n) is 7.80. The van der Waals surface area contributed by atoms with E-state index in [1.807, 2.05) is 29.2 Å². The van der Waals surface area contributed by atoms with Crippen LogP contribution in [0.2, 0.25) is 0 Å². The molecule has 1 fully saturated rings. The maximum Gasteiger partial charge on any atom is 0.416 e. The number of likely N-dealkylation sites (tertiary alicyclic amines) is 1. The minimum atomic E-state index is -4.37. The van der Waals surface area contributed by atoms with Crippen LogP contribution in [0.5, 0.6) is 0 Å². The van der Waals surface area contributed by atoms with Gasteiger partial charge in [0.2, 0.25) is 0 Å². The number of rotatable bonds is 2. The molecule has 2 amide bonds. The van der Waals surface area contributed by atoms with Gasteiger partial charge in [0.05, 0.1) is 22.5 Å². The van der Waals surface area contributed by atoms with Gasteiger partial charge in [-0.1, -0.05) is 18.2 Å². The van der Waals surface area contributed by atoms with Crippen LogP contribution >= 0.6 is 0 Å². The minimum absolute atomic E-state index is 0.00796. The lowest BCUT2D eigenvalue weighted by Gasteiger charge is -2.33. The van der Waals surface area contributed by atoms with Gasteiger partial charge in [-0.25, -0.2) is 9.48 Å². The van der Waals surface area contributed by atoms with Crippen molar-refractivity contribution in [2.24, 2.45) is 0 Å². The molecule has 0 aliphatic carbocycles. The van der Waals surface area contributed by atoms with Crippen LogP contribution in [0.25, 0.3) is 16.6 Å². The number of hydrogen-bond acceptors (Lipinski definition) is 2. The lowest BCUT2D eigenvalue weighted by atomic mass is 9.92. The van der Waals surface area contributed by atoms with Crippen LogP contribution < -0.4 is 0 Å². The van der Waals surface area contributed by atoms with Crippen molar-refractivity contribution >= 4 is 16.9 Å². The van der Waals surface area contributed by atoms with Crippen molar-refractivity contribution in [1.29, 1.82) is 0 Å². The Labute approximate surface area is 172 Å². The van der Waals surface area contributed by atoms with E-state index in [0.29, 0.717) is 18.8 Å². The molecule has 0 N–H and O–H groups in total. The van der Waals surface area contributed by atoms with Crippen LogP contribution in [0.15, 0.2) is 48.5 Å². The number of alkyl halides is 3. The zero-order valence-corrected chi connectivity index (χ0v) is 16.9. The first-order valence-corrected chi connectivity index (χ1v) is 9.87. The summed E-state index contributed by atoms with van der Waals surface area (Å²) in [4.78, 5) is 15.6. The lowest BCUT2D eigenvalue weighted by Crippen LogP contribution is -2.43. The van der Waals surface area contributed by atoms with Crippen molar-refractivity contribution in [1.82, 2.24) is 19.6 Å². The Morgan fingerprint density at radius 2 is 1.67 bits per heavy atom. The van der Waals surface area contributed by atoms with Crippen LogP contribution in [-0.4, -0.2) is 52.8 Å². The van der Waals surface area contributed by atoms with E-state index < -0.39 is 11.7 Å². The fourth-order valence-corrected chi connectivity index (χ4v) is 4.01. The molecule has 0 bridgehead atoms. The Hall–Kier alpha value is -3.03. The van der Waals surface area contributed by atoms with Crippen LogP contribution in [0, 0.1) is 0 Å². The summed E-state index contributed by atoms with van der Waals surface area (Å²) in [5.74, 6) is 0.191. The molecule has 2 heterocycles. The van der Waals surface area contributed by atoms with Crippen molar-refractivity contribution in [3.05, 3.63) is 59.8 Å². The summed E-state index contributed by atoms with van der Waals surface area (Å²) in [5, 5.41) is 5.80. The number of benzene rings is 2. The first kappa shape index (κ1) is 20.3. The minimum Gasteiger partial charge on any atom is -0.331 e. The summed E-state index contributed by atoms with van der Waals surface area (Å²) in [6, 6.07) is 12.8. The number of carbonyl (C=O) groups is 1. The van der Waals surface area contributed by atoms with Gasteiger partial charge < -0.3 is 9.80 Å². The van der Waals surface area contributed by atoms with Crippen LogP contribution in [0.4, 0.5) is 18.0 Å². The van der Waals surface area contributed by atoms with Crippen LogP contribution in [-0.2, 0) is 6.18 Å². The van der Waals surface area contributed by atoms with Crippen molar-refractivity contribution in [2.75, 3.05) is 27.2 Å². The molecule has 8 heteroatoms. The first-order chi connectivity index (χ1) is 14.3. The van der Waals surface area contributed by atoms with Gasteiger partial charge in [0.25, 0.3) is 0 Å². The van der Waals surface area contributed by atoms with E-state index in [4.69, 9.17) is 5.10 Å². The quantitative estimate of drug-likeness (QED) is 0.596. The van der Waals surface area contributed by atoms with Crippen molar-refractivity contribution in [3.8, 4) is 5.69 Å². The summed E-state index contributed by atoms with van der Waals surface area (Å²) in [7, 11) is 3.49. The second-order valence-corrected chi connectivity index (χ2v) is 7.80. The highest BCUT2D eigenvalue weighted by Crippen LogP contribution is 2.34. The standard InChI is InChI=1S/C22H23F3N4O/c1-27(2)21(30)28-13-11-15(12-14-28)20-18-5-3-4-6-19(18)29(26-20)17-9-7-16(8-10-17)22(23,24)25/h3-10,15H,11-14H2,1-2H3. The van der Waals surface area contributed by atoms with Gasteiger partial charge in [0, 0.05) is 38.5 Å². The number of urea groups is 1.